The number of rotatable bonds is 1. The molecule has 1 nitrogen and oxygen atoms in total. The van der Waals surface area contributed by atoms with Crippen molar-refractivity contribution in [3.05, 3.63) is 59.5 Å². The third-order valence-electron chi connectivity index (χ3n) is 2.89. The maximum absolute atomic E-state index is 5.43. The largest absolute Gasteiger partial charge is 0.465 e. The van der Waals surface area contributed by atoms with Gasteiger partial charge in [0, 0.05) is 0 Å². The predicted molar refractivity (Wildman–Crippen MR) is 61.3 cm³/mol. The molecule has 0 unspecified atom stereocenters. The van der Waals surface area contributed by atoms with Gasteiger partial charge in [0.1, 0.15) is 5.76 Å². The minimum absolute atomic E-state index is 1.03. The highest BCUT2D eigenvalue weighted by molar-refractivity contribution is 5.82. The lowest BCUT2D eigenvalue weighted by atomic mass is 9.93. The van der Waals surface area contributed by atoms with Crippen molar-refractivity contribution in [2.75, 3.05) is 0 Å². The van der Waals surface area contributed by atoms with Crippen molar-refractivity contribution in [2.24, 2.45) is 0 Å². The first-order chi connectivity index (χ1) is 7.43. The molecule has 0 saturated carbocycles. The molecule has 3 rings (SSSR count). The Morgan fingerprint density at radius 2 is 1.80 bits per heavy atom. The summed E-state index contributed by atoms with van der Waals surface area (Å²) in [5, 5.41) is 0. The number of furan rings is 1. The van der Waals surface area contributed by atoms with Gasteiger partial charge in [-0.1, -0.05) is 30.3 Å². The number of allylic oxidation sites excluding steroid dienone is 1. The second-order valence-electron chi connectivity index (χ2n) is 3.85. The minimum Gasteiger partial charge on any atom is -0.465 e. The standard InChI is InChI=1S/C14H12O/c1-2-4-11(5-3-1)13-7-6-12-8-9-15-14(12)10-13/h1-5,8-10H,6-7H2. The molecule has 1 aromatic heterocycles. The summed E-state index contributed by atoms with van der Waals surface area (Å²) >= 11 is 0. The first-order valence-electron chi connectivity index (χ1n) is 5.26. The molecule has 0 atom stereocenters. The Balaban J connectivity index is 2.04. The Morgan fingerprint density at radius 1 is 0.933 bits per heavy atom. The molecule has 1 aromatic carbocycles. The fourth-order valence-corrected chi connectivity index (χ4v) is 2.06. The van der Waals surface area contributed by atoms with Crippen LogP contribution in [0.15, 0.2) is 47.1 Å². The van der Waals surface area contributed by atoms with Gasteiger partial charge in [-0.05, 0) is 41.7 Å². The molecule has 0 N–H and O–H groups in total. The fraction of sp³-hybridized carbons (Fsp3) is 0.143. The average Bonchev–Trinajstić information content (AvgIpc) is 2.77. The van der Waals surface area contributed by atoms with E-state index in [2.05, 4.69) is 36.4 Å². The van der Waals surface area contributed by atoms with Gasteiger partial charge in [-0.3, -0.25) is 0 Å². The second-order valence-corrected chi connectivity index (χ2v) is 3.85. The predicted octanol–water partition coefficient (Wildman–Crippen LogP) is 3.77. The summed E-state index contributed by atoms with van der Waals surface area (Å²) in [6.07, 6.45) is 6.13. The Morgan fingerprint density at radius 3 is 2.67 bits per heavy atom. The van der Waals surface area contributed by atoms with E-state index in [1.165, 1.54) is 16.7 Å². The van der Waals surface area contributed by atoms with Gasteiger partial charge in [0.05, 0.1) is 6.26 Å². The topological polar surface area (TPSA) is 13.1 Å². The summed E-state index contributed by atoms with van der Waals surface area (Å²) in [7, 11) is 0. The zero-order chi connectivity index (χ0) is 10.1. The van der Waals surface area contributed by atoms with E-state index < -0.39 is 0 Å². The van der Waals surface area contributed by atoms with E-state index in [1.807, 2.05) is 6.07 Å². The van der Waals surface area contributed by atoms with Crippen molar-refractivity contribution >= 4 is 11.6 Å². The quantitative estimate of drug-likeness (QED) is 0.676. The smallest absolute Gasteiger partial charge is 0.130 e. The normalized spacial score (nSPS) is 14.5. The van der Waals surface area contributed by atoms with Crippen molar-refractivity contribution in [3.63, 3.8) is 0 Å². The lowest BCUT2D eigenvalue weighted by molar-refractivity contribution is 0.552. The molecule has 1 aliphatic carbocycles. The molecule has 0 amide bonds. The van der Waals surface area contributed by atoms with E-state index in [-0.39, 0.29) is 0 Å². The van der Waals surface area contributed by atoms with Crippen LogP contribution in [0, 0.1) is 0 Å². The fourth-order valence-electron chi connectivity index (χ4n) is 2.06. The van der Waals surface area contributed by atoms with Gasteiger partial charge in [-0.15, -0.1) is 0 Å². The van der Waals surface area contributed by atoms with Crippen molar-refractivity contribution in [2.45, 2.75) is 12.8 Å². The lowest BCUT2D eigenvalue weighted by Gasteiger charge is -2.12. The van der Waals surface area contributed by atoms with Gasteiger partial charge < -0.3 is 4.42 Å². The number of fused-ring (bicyclic) bond motifs is 1. The molecule has 0 spiro atoms. The maximum Gasteiger partial charge on any atom is 0.130 e. The molecular weight excluding hydrogens is 184 g/mol. The molecule has 15 heavy (non-hydrogen) atoms. The van der Waals surface area contributed by atoms with Crippen LogP contribution in [0.2, 0.25) is 0 Å². The van der Waals surface area contributed by atoms with E-state index in [0.717, 1.165) is 18.6 Å². The highest BCUT2D eigenvalue weighted by Gasteiger charge is 2.13. The number of hydrogen-bond donors (Lipinski definition) is 0. The number of hydrogen-bond acceptors (Lipinski definition) is 1. The van der Waals surface area contributed by atoms with Crippen LogP contribution in [-0.4, -0.2) is 0 Å². The third-order valence-corrected chi connectivity index (χ3v) is 2.89. The minimum atomic E-state index is 1.03. The Labute approximate surface area is 89.0 Å². The summed E-state index contributed by atoms with van der Waals surface area (Å²) in [5.74, 6) is 1.03. The van der Waals surface area contributed by atoms with Crippen molar-refractivity contribution < 1.29 is 4.42 Å². The van der Waals surface area contributed by atoms with Crippen LogP contribution in [0.3, 0.4) is 0 Å². The first-order valence-corrected chi connectivity index (χ1v) is 5.26. The second kappa shape index (κ2) is 3.43. The molecule has 2 aromatic rings. The molecule has 0 radical (unpaired) electrons. The van der Waals surface area contributed by atoms with E-state index in [1.54, 1.807) is 6.26 Å². The van der Waals surface area contributed by atoms with E-state index >= 15 is 0 Å². The Kier molecular flexibility index (Phi) is 1.95. The molecule has 1 heterocycles. The van der Waals surface area contributed by atoms with Gasteiger partial charge >= 0.3 is 0 Å². The van der Waals surface area contributed by atoms with Crippen LogP contribution in [0.4, 0.5) is 0 Å². The molecule has 0 aliphatic heterocycles. The zero-order valence-electron chi connectivity index (χ0n) is 8.44. The van der Waals surface area contributed by atoms with Crippen LogP contribution >= 0.6 is 0 Å². The summed E-state index contributed by atoms with van der Waals surface area (Å²) in [5.41, 5.74) is 4.01. The Bertz CT molecular complexity index is 491. The van der Waals surface area contributed by atoms with Crippen LogP contribution in [0.1, 0.15) is 23.3 Å². The molecule has 0 saturated heterocycles. The van der Waals surface area contributed by atoms with E-state index in [4.69, 9.17) is 4.42 Å². The third kappa shape index (κ3) is 1.50. The molecule has 1 aliphatic rings. The van der Waals surface area contributed by atoms with Crippen LogP contribution in [0.25, 0.3) is 11.6 Å². The van der Waals surface area contributed by atoms with Gasteiger partial charge in [0.15, 0.2) is 0 Å². The summed E-state index contributed by atoms with van der Waals surface area (Å²) in [6, 6.07) is 12.6. The molecular formula is C14H12O. The molecule has 1 heteroatoms. The maximum atomic E-state index is 5.43. The van der Waals surface area contributed by atoms with E-state index in [0.29, 0.717) is 0 Å². The summed E-state index contributed by atoms with van der Waals surface area (Å²) in [6.45, 7) is 0. The highest BCUT2D eigenvalue weighted by Crippen LogP contribution is 2.30. The van der Waals surface area contributed by atoms with Crippen molar-refractivity contribution in [1.29, 1.82) is 0 Å². The van der Waals surface area contributed by atoms with E-state index in [9.17, 15) is 0 Å². The van der Waals surface area contributed by atoms with Gasteiger partial charge in [0.2, 0.25) is 0 Å². The molecule has 74 valence electrons. The van der Waals surface area contributed by atoms with Gasteiger partial charge in [-0.2, -0.15) is 0 Å². The zero-order valence-corrected chi connectivity index (χ0v) is 8.44. The monoisotopic (exact) mass is 196 g/mol. The van der Waals surface area contributed by atoms with Crippen LogP contribution in [0.5, 0.6) is 0 Å². The van der Waals surface area contributed by atoms with Crippen molar-refractivity contribution in [1.82, 2.24) is 0 Å². The SMILES string of the molecule is C1=C(c2ccccc2)CCc2ccoc21. The van der Waals surface area contributed by atoms with Crippen LogP contribution in [-0.2, 0) is 6.42 Å². The van der Waals surface area contributed by atoms with Crippen LogP contribution < -0.4 is 0 Å². The summed E-state index contributed by atoms with van der Waals surface area (Å²) < 4.78 is 5.43. The van der Waals surface area contributed by atoms with Gasteiger partial charge in [-0.25, -0.2) is 0 Å². The number of benzene rings is 1. The first kappa shape index (κ1) is 8.54. The molecule has 0 bridgehead atoms. The average molecular weight is 196 g/mol. The highest BCUT2D eigenvalue weighted by atomic mass is 16.3. The van der Waals surface area contributed by atoms with Crippen molar-refractivity contribution in [3.8, 4) is 0 Å². The lowest BCUT2D eigenvalue weighted by Crippen LogP contribution is -1.95. The molecule has 0 fully saturated rings. The number of aryl methyl sites for hydroxylation is 1. The summed E-state index contributed by atoms with van der Waals surface area (Å²) in [4.78, 5) is 0. The van der Waals surface area contributed by atoms with Gasteiger partial charge in [0.25, 0.3) is 0 Å². The Hall–Kier alpha value is -1.76.